The number of thiophene rings is 1. The molecule has 0 N–H and O–H groups in total. The summed E-state index contributed by atoms with van der Waals surface area (Å²) in [5.74, 6) is 1.74. The second kappa shape index (κ2) is 4.77. The molecule has 0 amide bonds. The summed E-state index contributed by atoms with van der Waals surface area (Å²) >= 11 is 3.76. The Hall–Kier alpha value is -1.46. The van der Waals surface area contributed by atoms with Crippen LogP contribution in [0, 0.1) is 5.92 Å². The minimum Gasteiger partial charge on any atom is -0.495 e. The summed E-state index contributed by atoms with van der Waals surface area (Å²) in [6, 6.07) is 8.61. The number of fused-ring (bicyclic) bond motifs is 2. The third-order valence-electron chi connectivity index (χ3n) is 4.42. The first kappa shape index (κ1) is 13.0. The maximum Gasteiger partial charge on any atom is 0.168 e. The SMILES string of the molecule is COc1cccc2cc(C3=C(C4CC4)SC4=NCCN43)sc12. The molecule has 5 heteroatoms. The van der Waals surface area contributed by atoms with E-state index in [1.807, 2.05) is 29.2 Å². The van der Waals surface area contributed by atoms with E-state index in [1.165, 1.54) is 38.7 Å². The number of aliphatic imine (C=N–C) groups is 1. The van der Waals surface area contributed by atoms with E-state index >= 15 is 0 Å². The molecule has 1 fully saturated rings. The van der Waals surface area contributed by atoms with Crippen LogP contribution < -0.4 is 4.74 Å². The van der Waals surface area contributed by atoms with Gasteiger partial charge in [-0.2, -0.15) is 0 Å². The Kier molecular flexibility index (Phi) is 2.82. The van der Waals surface area contributed by atoms with E-state index in [9.17, 15) is 0 Å². The molecule has 0 radical (unpaired) electrons. The minimum absolute atomic E-state index is 0.764. The van der Waals surface area contributed by atoms with Crippen molar-refractivity contribution in [2.24, 2.45) is 10.9 Å². The van der Waals surface area contributed by atoms with Gasteiger partial charge in [0.25, 0.3) is 0 Å². The van der Waals surface area contributed by atoms with Gasteiger partial charge in [0.2, 0.25) is 0 Å². The molecule has 1 aliphatic carbocycles. The number of allylic oxidation sites excluding steroid dienone is 1. The number of hydrogen-bond donors (Lipinski definition) is 0. The quantitative estimate of drug-likeness (QED) is 0.834. The number of hydrogen-bond acceptors (Lipinski definition) is 5. The van der Waals surface area contributed by atoms with Crippen molar-refractivity contribution in [3.05, 3.63) is 34.0 Å². The fraction of sp³-hybridized carbons (Fsp3) is 0.353. The van der Waals surface area contributed by atoms with E-state index in [4.69, 9.17) is 4.74 Å². The Balaban J connectivity index is 1.69. The van der Waals surface area contributed by atoms with Crippen molar-refractivity contribution in [1.29, 1.82) is 0 Å². The van der Waals surface area contributed by atoms with Gasteiger partial charge in [0.1, 0.15) is 5.75 Å². The third kappa shape index (κ3) is 1.85. The zero-order chi connectivity index (χ0) is 14.7. The molecule has 3 heterocycles. The maximum absolute atomic E-state index is 5.53. The van der Waals surface area contributed by atoms with E-state index in [-0.39, 0.29) is 0 Å². The van der Waals surface area contributed by atoms with Crippen molar-refractivity contribution in [3.63, 3.8) is 0 Å². The molecule has 1 aromatic carbocycles. The van der Waals surface area contributed by atoms with Gasteiger partial charge in [-0.15, -0.1) is 11.3 Å². The average molecular weight is 328 g/mol. The average Bonchev–Trinajstić information content (AvgIpc) is 2.96. The number of thioether (sulfide) groups is 1. The monoisotopic (exact) mass is 328 g/mol. The molecule has 3 nitrogen and oxygen atoms in total. The highest BCUT2D eigenvalue weighted by molar-refractivity contribution is 8.17. The van der Waals surface area contributed by atoms with E-state index in [2.05, 4.69) is 28.1 Å². The molecule has 0 bridgehead atoms. The van der Waals surface area contributed by atoms with Crippen LogP contribution in [0.15, 0.2) is 34.2 Å². The van der Waals surface area contributed by atoms with Crippen LogP contribution in [-0.2, 0) is 0 Å². The van der Waals surface area contributed by atoms with Gasteiger partial charge in [-0.1, -0.05) is 23.9 Å². The number of benzene rings is 1. The lowest BCUT2D eigenvalue weighted by atomic mass is 10.2. The molecule has 2 aliphatic heterocycles. The molecular weight excluding hydrogens is 312 g/mol. The number of ether oxygens (including phenoxy) is 1. The number of amidine groups is 1. The molecule has 0 spiro atoms. The lowest BCUT2D eigenvalue weighted by Gasteiger charge is -2.15. The molecule has 2 aromatic rings. The maximum atomic E-state index is 5.53. The Morgan fingerprint density at radius 2 is 2.23 bits per heavy atom. The fourth-order valence-corrected chi connectivity index (χ4v) is 5.84. The summed E-state index contributed by atoms with van der Waals surface area (Å²) in [6.45, 7) is 1.96. The molecule has 3 aliphatic rings. The Morgan fingerprint density at radius 1 is 1.32 bits per heavy atom. The molecular formula is C17H16N2OS2. The number of nitrogens with zero attached hydrogens (tertiary/aromatic N) is 2. The number of methoxy groups -OCH3 is 1. The molecule has 0 unspecified atom stereocenters. The summed E-state index contributed by atoms with van der Waals surface area (Å²) in [4.78, 5) is 10.00. The van der Waals surface area contributed by atoms with E-state index in [1.54, 1.807) is 12.0 Å². The smallest absolute Gasteiger partial charge is 0.168 e. The van der Waals surface area contributed by atoms with Gasteiger partial charge >= 0.3 is 0 Å². The Bertz CT molecular complexity index is 832. The highest BCUT2D eigenvalue weighted by Crippen LogP contribution is 2.54. The molecule has 112 valence electrons. The minimum atomic E-state index is 0.764. The molecule has 1 aromatic heterocycles. The van der Waals surface area contributed by atoms with E-state index in [0.717, 1.165) is 24.8 Å². The first-order valence-electron chi connectivity index (χ1n) is 7.66. The molecule has 0 saturated heterocycles. The summed E-state index contributed by atoms with van der Waals surface area (Å²) in [5.41, 5.74) is 1.42. The Labute approximate surface area is 137 Å². The van der Waals surface area contributed by atoms with Crippen LogP contribution in [0.3, 0.4) is 0 Å². The first-order chi connectivity index (χ1) is 10.8. The van der Waals surface area contributed by atoms with Crippen LogP contribution in [0.4, 0.5) is 0 Å². The lowest BCUT2D eigenvalue weighted by Crippen LogP contribution is -2.19. The highest BCUT2D eigenvalue weighted by atomic mass is 32.2. The van der Waals surface area contributed by atoms with Crippen LogP contribution in [0.2, 0.25) is 0 Å². The van der Waals surface area contributed by atoms with Crippen LogP contribution in [-0.4, -0.2) is 30.3 Å². The first-order valence-corrected chi connectivity index (χ1v) is 9.29. The zero-order valence-corrected chi connectivity index (χ0v) is 14.0. The molecule has 5 rings (SSSR count). The summed E-state index contributed by atoms with van der Waals surface area (Å²) in [5, 5.41) is 2.48. The van der Waals surface area contributed by atoms with Crippen molar-refractivity contribution < 1.29 is 4.74 Å². The van der Waals surface area contributed by atoms with E-state index in [0.29, 0.717) is 0 Å². The van der Waals surface area contributed by atoms with Crippen molar-refractivity contribution in [2.45, 2.75) is 12.8 Å². The summed E-state index contributed by atoms with van der Waals surface area (Å²) in [7, 11) is 1.75. The van der Waals surface area contributed by atoms with Crippen LogP contribution in [0.5, 0.6) is 5.75 Å². The summed E-state index contributed by atoms with van der Waals surface area (Å²) < 4.78 is 6.78. The highest BCUT2D eigenvalue weighted by Gasteiger charge is 2.40. The number of rotatable bonds is 3. The zero-order valence-electron chi connectivity index (χ0n) is 12.3. The van der Waals surface area contributed by atoms with Gasteiger partial charge in [0.05, 0.1) is 28.9 Å². The normalized spacial score (nSPS) is 20.8. The molecule has 1 saturated carbocycles. The Morgan fingerprint density at radius 3 is 3.05 bits per heavy atom. The van der Waals surface area contributed by atoms with Crippen molar-refractivity contribution in [3.8, 4) is 5.75 Å². The van der Waals surface area contributed by atoms with Gasteiger partial charge in [0, 0.05) is 11.4 Å². The van der Waals surface area contributed by atoms with E-state index < -0.39 is 0 Å². The van der Waals surface area contributed by atoms with Gasteiger partial charge < -0.3 is 9.64 Å². The van der Waals surface area contributed by atoms with Crippen LogP contribution in [0.1, 0.15) is 17.7 Å². The third-order valence-corrected chi connectivity index (χ3v) is 6.87. The molecule has 0 atom stereocenters. The van der Waals surface area contributed by atoms with Crippen molar-refractivity contribution in [1.82, 2.24) is 4.90 Å². The summed E-state index contributed by atoms with van der Waals surface area (Å²) in [6.07, 6.45) is 2.67. The second-order valence-corrected chi connectivity index (χ2v) is 7.96. The predicted molar refractivity (Wildman–Crippen MR) is 94.6 cm³/mol. The lowest BCUT2D eigenvalue weighted by molar-refractivity contribution is 0.420. The molecule has 22 heavy (non-hydrogen) atoms. The van der Waals surface area contributed by atoms with Crippen LogP contribution >= 0.6 is 23.1 Å². The topological polar surface area (TPSA) is 24.8 Å². The van der Waals surface area contributed by atoms with Gasteiger partial charge in [-0.05, 0) is 36.3 Å². The standard InChI is InChI=1S/C17H16N2OS2/c1-20-12-4-2-3-11-9-13(21-15(11)12)14-16(10-5-6-10)22-17-18-7-8-19(14)17/h2-4,9-10H,5-8H2,1H3. The van der Waals surface area contributed by atoms with Crippen molar-refractivity contribution in [2.75, 3.05) is 20.2 Å². The van der Waals surface area contributed by atoms with Gasteiger partial charge in [0.15, 0.2) is 5.17 Å². The second-order valence-electron chi connectivity index (χ2n) is 5.89. The van der Waals surface area contributed by atoms with Gasteiger partial charge in [-0.3, -0.25) is 4.99 Å². The van der Waals surface area contributed by atoms with Gasteiger partial charge in [-0.25, -0.2) is 0 Å². The van der Waals surface area contributed by atoms with Crippen molar-refractivity contribution >= 4 is 44.0 Å². The predicted octanol–water partition coefficient (Wildman–Crippen LogP) is 4.41. The fourth-order valence-electron chi connectivity index (χ4n) is 3.19. The van der Waals surface area contributed by atoms with Crippen LogP contribution in [0.25, 0.3) is 15.8 Å². The largest absolute Gasteiger partial charge is 0.495 e.